The molecule has 0 radical (unpaired) electrons. The highest BCUT2D eigenvalue weighted by Crippen LogP contribution is 2.23. The number of ether oxygens (including phenoxy) is 2. The van der Waals surface area contributed by atoms with Crippen LogP contribution in [0, 0.1) is 0 Å². The monoisotopic (exact) mass is 860 g/mol. The van der Waals surface area contributed by atoms with Crippen molar-refractivity contribution in [2.45, 2.75) is 294 Å². The van der Waals surface area contributed by atoms with Gasteiger partial charge in [0.1, 0.15) is 36.6 Å². The molecule has 11 nitrogen and oxygen atoms in total. The first-order valence-corrected chi connectivity index (χ1v) is 25.4. The molecule has 9 atom stereocenters. The summed E-state index contributed by atoms with van der Waals surface area (Å²) >= 11 is 0. The summed E-state index contributed by atoms with van der Waals surface area (Å²) < 4.78 is 11.0. The van der Waals surface area contributed by atoms with Crippen LogP contribution in [0.2, 0.25) is 0 Å². The summed E-state index contributed by atoms with van der Waals surface area (Å²) in [5, 5.41) is 74.9. The van der Waals surface area contributed by atoms with Crippen molar-refractivity contribution < 1.29 is 50.0 Å². The summed E-state index contributed by atoms with van der Waals surface area (Å²) in [5.41, 5.74) is 0. The molecule has 0 bridgehead atoms. The number of unbranched alkanes of at least 4 members (excludes halogenated alkanes) is 31. The first kappa shape index (κ1) is 57.1. The van der Waals surface area contributed by atoms with Crippen LogP contribution < -0.4 is 5.32 Å². The highest BCUT2D eigenvalue weighted by atomic mass is 16.7. The van der Waals surface area contributed by atoms with Gasteiger partial charge in [-0.05, 0) is 12.8 Å². The summed E-state index contributed by atoms with van der Waals surface area (Å²) in [6, 6.07) is -1.16. The molecule has 1 heterocycles. The van der Waals surface area contributed by atoms with Gasteiger partial charge in [0.25, 0.3) is 0 Å². The molecule has 8 N–H and O–H groups in total. The lowest BCUT2D eigenvalue weighted by Crippen LogP contribution is -2.60. The second kappa shape index (κ2) is 39.7. The van der Waals surface area contributed by atoms with Gasteiger partial charge in [-0.25, -0.2) is 0 Å². The Balaban J connectivity index is 2.10. The van der Waals surface area contributed by atoms with Crippen LogP contribution in [0.5, 0.6) is 0 Å². The Labute approximate surface area is 367 Å². The number of amides is 1. The highest BCUT2D eigenvalue weighted by Gasteiger charge is 2.44. The van der Waals surface area contributed by atoms with Gasteiger partial charge in [-0.2, -0.15) is 0 Å². The van der Waals surface area contributed by atoms with Gasteiger partial charge in [-0.1, -0.05) is 226 Å². The fourth-order valence-electron chi connectivity index (χ4n) is 8.44. The van der Waals surface area contributed by atoms with Gasteiger partial charge in [0.2, 0.25) is 5.91 Å². The van der Waals surface area contributed by atoms with Crippen molar-refractivity contribution in [2.24, 2.45) is 0 Å². The standard InChI is InChI=1S/C49H97NO10/c1-3-5-7-9-10-11-12-13-14-15-16-17-18-19-20-21-22-23-24-25-26-27-28-29-30-31-32-33-35-37-42(53)48(58)50-40(44(54)41(52)36-34-8-6-4-2)39-59-49-47(57)46(56)45(55)43(38-51)60-49/h40-47,49,51-57H,3-39H2,1-2H3,(H,50,58). The molecule has 0 aromatic heterocycles. The molecule has 0 aromatic carbocycles. The molecule has 0 aromatic rings. The van der Waals surface area contributed by atoms with Gasteiger partial charge >= 0.3 is 0 Å². The second-order valence-electron chi connectivity index (χ2n) is 18.3. The molecular formula is C49H97NO10. The van der Waals surface area contributed by atoms with Crippen LogP contribution in [-0.2, 0) is 14.3 Å². The molecule has 11 heteroatoms. The predicted molar refractivity (Wildman–Crippen MR) is 243 cm³/mol. The number of hydrogen-bond donors (Lipinski definition) is 8. The molecule has 0 spiro atoms. The highest BCUT2D eigenvalue weighted by molar-refractivity contribution is 5.80. The molecule has 358 valence electrons. The van der Waals surface area contributed by atoms with Crippen LogP contribution in [0.1, 0.15) is 239 Å². The van der Waals surface area contributed by atoms with Crippen molar-refractivity contribution in [3.05, 3.63) is 0 Å². The Morgan fingerprint density at radius 1 is 0.517 bits per heavy atom. The van der Waals surface area contributed by atoms with Crippen molar-refractivity contribution in [1.29, 1.82) is 0 Å². The van der Waals surface area contributed by atoms with Crippen LogP contribution in [0.15, 0.2) is 0 Å². The Kier molecular flexibility index (Phi) is 37.8. The minimum absolute atomic E-state index is 0.265. The average Bonchev–Trinajstić information content (AvgIpc) is 3.25. The molecule has 0 saturated carbocycles. The third-order valence-corrected chi connectivity index (χ3v) is 12.7. The maximum atomic E-state index is 13.0. The number of aliphatic hydroxyl groups is 7. The molecule has 1 aliphatic rings. The van der Waals surface area contributed by atoms with E-state index >= 15 is 0 Å². The Hall–Kier alpha value is -0.890. The molecule has 1 rings (SSSR count). The van der Waals surface area contributed by atoms with Crippen molar-refractivity contribution in [3.8, 4) is 0 Å². The number of hydrogen-bond acceptors (Lipinski definition) is 10. The minimum Gasteiger partial charge on any atom is -0.394 e. The Morgan fingerprint density at radius 3 is 1.25 bits per heavy atom. The van der Waals surface area contributed by atoms with Crippen molar-refractivity contribution >= 4 is 5.91 Å². The number of rotatable bonds is 43. The van der Waals surface area contributed by atoms with E-state index in [0.29, 0.717) is 19.3 Å². The number of carbonyl (C=O) groups is 1. The lowest BCUT2D eigenvalue weighted by atomic mass is 9.98. The molecule has 60 heavy (non-hydrogen) atoms. The topological polar surface area (TPSA) is 189 Å². The van der Waals surface area contributed by atoms with Gasteiger partial charge in [-0.15, -0.1) is 0 Å². The fraction of sp³-hybridized carbons (Fsp3) is 0.980. The first-order valence-electron chi connectivity index (χ1n) is 25.4. The molecule has 1 fully saturated rings. The zero-order valence-corrected chi connectivity index (χ0v) is 38.7. The molecule has 9 unspecified atom stereocenters. The molecule has 1 aliphatic heterocycles. The summed E-state index contributed by atoms with van der Waals surface area (Å²) in [7, 11) is 0. The van der Waals surface area contributed by atoms with E-state index in [1.54, 1.807) is 0 Å². The average molecular weight is 860 g/mol. The van der Waals surface area contributed by atoms with Crippen molar-refractivity contribution in [2.75, 3.05) is 13.2 Å². The molecule has 1 saturated heterocycles. The largest absolute Gasteiger partial charge is 0.394 e. The lowest BCUT2D eigenvalue weighted by molar-refractivity contribution is -0.303. The van der Waals surface area contributed by atoms with Gasteiger partial charge in [0, 0.05) is 0 Å². The van der Waals surface area contributed by atoms with Crippen LogP contribution in [0.4, 0.5) is 0 Å². The van der Waals surface area contributed by atoms with Gasteiger partial charge in [-0.3, -0.25) is 4.79 Å². The minimum atomic E-state index is -1.65. The Morgan fingerprint density at radius 2 is 0.867 bits per heavy atom. The summed E-state index contributed by atoms with van der Waals surface area (Å²) in [6.07, 6.45) is 31.3. The summed E-state index contributed by atoms with van der Waals surface area (Å²) in [5.74, 6) is -0.699. The lowest BCUT2D eigenvalue weighted by Gasteiger charge is -2.40. The van der Waals surface area contributed by atoms with E-state index in [0.717, 1.165) is 38.5 Å². The van der Waals surface area contributed by atoms with Crippen molar-refractivity contribution in [3.63, 3.8) is 0 Å². The number of nitrogens with one attached hydrogen (secondary N) is 1. The van der Waals surface area contributed by atoms with Crippen LogP contribution >= 0.6 is 0 Å². The van der Waals surface area contributed by atoms with E-state index in [4.69, 9.17) is 9.47 Å². The second-order valence-corrected chi connectivity index (χ2v) is 18.3. The zero-order chi connectivity index (χ0) is 44.1. The van der Waals surface area contributed by atoms with Gasteiger partial charge < -0.3 is 50.5 Å². The van der Waals surface area contributed by atoms with Crippen molar-refractivity contribution in [1.82, 2.24) is 5.32 Å². The van der Waals surface area contributed by atoms with E-state index in [1.165, 1.54) is 161 Å². The smallest absolute Gasteiger partial charge is 0.249 e. The molecule has 0 aliphatic carbocycles. The number of carbonyl (C=O) groups excluding carboxylic acids is 1. The van der Waals surface area contributed by atoms with Crippen LogP contribution in [0.3, 0.4) is 0 Å². The SMILES string of the molecule is CCCCCCCCCCCCCCCCCCCCCCCCCCCCCCCC(O)C(=O)NC(COC1OC(CO)C(O)C(O)C1O)C(O)C(O)CCCCCC. The zero-order valence-electron chi connectivity index (χ0n) is 38.7. The third-order valence-electron chi connectivity index (χ3n) is 12.7. The summed E-state index contributed by atoms with van der Waals surface area (Å²) in [4.78, 5) is 13.0. The maximum absolute atomic E-state index is 13.0. The van der Waals surface area contributed by atoms with Gasteiger partial charge in [0.15, 0.2) is 6.29 Å². The van der Waals surface area contributed by atoms with Crippen LogP contribution in [0.25, 0.3) is 0 Å². The summed E-state index contributed by atoms with van der Waals surface area (Å²) in [6.45, 7) is 3.31. The van der Waals surface area contributed by atoms with Crippen LogP contribution in [-0.4, -0.2) is 110 Å². The number of aliphatic hydroxyl groups excluding tert-OH is 7. The predicted octanol–water partition coefficient (Wildman–Crippen LogP) is 9.06. The molecular weight excluding hydrogens is 763 g/mol. The normalized spacial score (nSPS) is 21.5. The van der Waals surface area contributed by atoms with E-state index in [-0.39, 0.29) is 6.42 Å². The quantitative estimate of drug-likeness (QED) is 0.0275. The van der Waals surface area contributed by atoms with E-state index in [2.05, 4.69) is 19.2 Å². The van der Waals surface area contributed by atoms with E-state index in [9.17, 15) is 40.5 Å². The van der Waals surface area contributed by atoms with E-state index in [1.807, 2.05) is 0 Å². The fourth-order valence-corrected chi connectivity index (χ4v) is 8.44. The van der Waals surface area contributed by atoms with Gasteiger partial charge in [0.05, 0.1) is 25.4 Å². The third kappa shape index (κ3) is 28.7. The Bertz CT molecular complexity index is 944. The maximum Gasteiger partial charge on any atom is 0.249 e. The molecule has 1 amide bonds. The first-order chi connectivity index (χ1) is 29.2. The van der Waals surface area contributed by atoms with E-state index < -0.39 is 74.2 Å².